The van der Waals surface area contributed by atoms with Crippen molar-refractivity contribution in [2.75, 3.05) is 0 Å². The molecule has 0 radical (unpaired) electrons. The van der Waals surface area contributed by atoms with E-state index in [1.807, 2.05) is 0 Å². The first-order valence-electron chi connectivity index (χ1n) is 10.1. The molecular formula is C22H30F4O. The minimum Gasteiger partial charge on any atom is -0.314 e. The molecule has 0 heterocycles. The Morgan fingerprint density at radius 2 is 1.56 bits per heavy atom. The highest BCUT2D eigenvalue weighted by atomic mass is 19.3. The van der Waals surface area contributed by atoms with Crippen molar-refractivity contribution in [1.82, 2.24) is 0 Å². The van der Waals surface area contributed by atoms with E-state index in [-0.39, 0.29) is 11.5 Å². The van der Waals surface area contributed by atoms with Crippen LogP contribution in [0.2, 0.25) is 0 Å². The van der Waals surface area contributed by atoms with E-state index in [0.717, 1.165) is 12.8 Å². The van der Waals surface area contributed by atoms with Crippen molar-refractivity contribution in [1.29, 1.82) is 0 Å². The third-order valence-corrected chi connectivity index (χ3v) is 6.66. The molecule has 1 aromatic rings. The van der Waals surface area contributed by atoms with Gasteiger partial charge in [-0.05, 0) is 75.3 Å². The highest BCUT2D eigenvalue weighted by Crippen LogP contribution is 2.47. The van der Waals surface area contributed by atoms with E-state index in [9.17, 15) is 17.6 Å². The number of hydrogen-bond donors (Lipinski definition) is 0. The first-order valence-corrected chi connectivity index (χ1v) is 10.1. The van der Waals surface area contributed by atoms with Crippen molar-refractivity contribution in [3.8, 4) is 0 Å². The van der Waals surface area contributed by atoms with Crippen LogP contribution < -0.4 is 0 Å². The highest BCUT2D eigenvalue weighted by Gasteiger charge is 2.48. The molecule has 3 rings (SSSR count). The average molecular weight is 386 g/mol. The summed E-state index contributed by atoms with van der Waals surface area (Å²) < 4.78 is 62.9. The number of rotatable bonds is 4. The van der Waals surface area contributed by atoms with Gasteiger partial charge >= 0.3 is 6.11 Å². The number of aryl methyl sites for hydroxylation is 1. The lowest BCUT2D eigenvalue weighted by Crippen LogP contribution is -2.44. The molecule has 2 aliphatic carbocycles. The Morgan fingerprint density at radius 1 is 0.963 bits per heavy atom. The van der Waals surface area contributed by atoms with Gasteiger partial charge in [-0.1, -0.05) is 31.9 Å². The minimum absolute atomic E-state index is 0.152. The molecular weight excluding hydrogens is 356 g/mol. The van der Waals surface area contributed by atoms with Crippen molar-refractivity contribution >= 4 is 0 Å². The van der Waals surface area contributed by atoms with Crippen LogP contribution in [0.1, 0.15) is 82.3 Å². The summed E-state index contributed by atoms with van der Waals surface area (Å²) in [7, 11) is 0. The van der Waals surface area contributed by atoms with Crippen molar-refractivity contribution in [2.24, 2.45) is 11.8 Å². The summed E-state index contributed by atoms with van der Waals surface area (Å²) in [4.78, 5) is 0. The van der Waals surface area contributed by atoms with Gasteiger partial charge in [-0.3, -0.25) is 0 Å². The van der Waals surface area contributed by atoms with Crippen LogP contribution in [-0.4, -0.2) is 11.7 Å². The predicted molar refractivity (Wildman–Crippen MR) is 97.9 cm³/mol. The molecule has 2 fully saturated rings. The van der Waals surface area contributed by atoms with E-state index in [0.29, 0.717) is 50.0 Å². The zero-order valence-electron chi connectivity index (χ0n) is 16.5. The van der Waals surface area contributed by atoms with E-state index in [1.54, 1.807) is 19.1 Å². The van der Waals surface area contributed by atoms with Gasteiger partial charge in [0.2, 0.25) is 0 Å². The molecule has 1 nitrogen and oxygen atoms in total. The Kier molecular flexibility index (Phi) is 5.90. The Labute approximate surface area is 159 Å². The lowest BCUT2D eigenvalue weighted by atomic mass is 9.76. The highest BCUT2D eigenvalue weighted by molar-refractivity contribution is 5.28. The molecule has 2 aliphatic rings. The second kappa shape index (κ2) is 7.73. The molecule has 0 amide bonds. The van der Waals surface area contributed by atoms with Gasteiger partial charge < -0.3 is 4.74 Å². The fourth-order valence-corrected chi connectivity index (χ4v) is 4.63. The lowest BCUT2D eigenvalue weighted by Gasteiger charge is -2.42. The van der Waals surface area contributed by atoms with Crippen molar-refractivity contribution in [2.45, 2.75) is 89.8 Å². The monoisotopic (exact) mass is 386 g/mol. The van der Waals surface area contributed by atoms with Gasteiger partial charge in [0.25, 0.3) is 0 Å². The topological polar surface area (TPSA) is 9.23 Å². The summed E-state index contributed by atoms with van der Waals surface area (Å²) >= 11 is 0. The Morgan fingerprint density at radius 3 is 2.15 bits per heavy atom. The smallest absolute Gasteiger partial charge is 0.314 e. The maximum Gasteiger partial charge on any atom is 0.359 e. The van der Waals surface area contributed by atoms with Crippen LogP contribution in [0.3, 0.4) is 0 Å². The number of halogens is 4. The maximum atomic E-state index is 14.7. The number of benzene rings is 1. The summed E-state index contributed by atoms with van der Waals surface area (Å²) in [5.74, 6) is -1.97. The first-order chi connectivity index (χ1) is 12.6. The minimum atomic E-state index is -3.12. The largest absolute Gasteiger partial charge is 0.359 e. The van der Waals surface area contributed by atoms with Crippen LogP contribution in [0.5, 0.6) is 0 Å². The summed E-state index contributed by atoms with van der Waals surface area (Å²) in [5, 5.41) is 0. The predicted octanol–water partition coefficient (Wildman–Crippen LogP) is 7.13. The zero-order chi connectivity index (χ0) is 19.8. The van der Waals surface area contributed by atoms with Gasteiger partial charge in [0, 0.05) is 0 Å². The summed E-state index contributed by atoms with van der Waals surface area (Å²) in [6.45, 7) is 5.36. The summed E-state index contributed by atoms with van der Waals surface area (Å²) in [6.07, 6.45) is 1.41. The van der Waals surface area contributed by atoms with Gasteiger partial charge in [0.1, 0.15) is 0 Å². The van der Waals surface area contributed by atoms with E-state index < -0.39 is 29.3 Å². The molecule has 1 aromatic carbocycles. The van der Waals surface area contributed by atoms with Gasteiger partial charge in [-0.25, -0.2) is 8.78 Å². The Bertz CT molecular complexity index is 657. The molecule has 0 unspecified atom stereocenters. The molecule has 0 spiro atoms. The van der Waals surface area contributed by atoms with E-state index >= 15 is 0 Å². The van der Waals surface area contributed by atoms with Crippen molar-refractivity contribution in [3.05, 3.63) is 34.9 Å². The fraction of sp³-hybridized carbons (Fsp3) is 0.727. The zero-order valence-corrected chi connectivity index (χ0v) is 16.5. The van der Waals surface area contributed by atoms with Crippen LogP contribution >= 0.6 is 0 Å². The molecule has 0 saturated heterocycles. The maximum absolute atomic E-state index is 14.7. The molecule has 2 saturated carbocycles. The van der Waals surface area contributed by atoms with Crippen LogP contribution in [0, 0.1) is 30.4 Å². The molecule has 0 aromatic heterocycles. The normalized spacial score (nSPS) is 32.5. The third kappa shape index (κ3) is 4.49. The third-order valence-electron chi connectivity index (χ3n) is 6.66. The lowest BCUT2D eigenvalue weighted by molar-refractivity contribution is -0.327. The number of ether oxygens (including phenoxy) is 1. The van der Waals surface area contributed by atoms with Gasteiger partial charge in [-0.2, -0.15) is 8.78 Å². The van der Waals surface area contributed by atoms with Crippen molar-refractivity contribution in [3.63, 3.8) is 0 Å². The number of alkyl halides is 2. The standard InChI is InChI=1S/C22H30F4O/c1-14-4-7-17(8-5-14)22(25,26)27-21(3)12-10-16(11-13-21)18-9-6-15(2)19(23)20(18)24/h6,9,14,16-17H,4-5,7-8,10-13H2,1-3H3. The van der Waals surface area contributed by atoms with E-state index in [1.165, 1.54) is 6.92 Å². The molecule has 0 bridgehead atoms. The Balaban J connectivity index is 1.63. The van der Waals surface area contributed by atoms with Crippen LogP contribution in [0.4, 0.5) is 17.6 Å². The molecule has 152 valence electrons. The van der Waals surface area contributed by atoms with Gasteiger partial charge in [0.05, 0.1) is 11.5 Å². The second-order valence-corrected chi connectivity index (χ2v) is 8.94. The van der Waals surface area contributed by atoms with E-state index in [4.69, 9.17) is 4.74 Å². The SMILES string of the molecule is Cc1ccc(C2CCC(C)(OC(F)(F)C3CCC(C)CC3)CC2)c(F)c1F. The molecule has 0 aliphatic heterocycles. The average Bonchev–Trinajstić information content (AvgIpc) is 2.61. The van der Waals surface area contributed by atoms with Crippen LogP contribution in [-0.2, 0) is 4.74 Å². The Hall–Kier alpha value is -1.10. The van der Waals surface area contributed by atoms with E-state index in [2.05, 4.69) is 6.92 Å². The van der Waals surface area contributed by atoms with Crippen molar-refractivity contribution < 1.29 is 22.3 Å². The van der Waals surface area contributed by atoms with Crippen LogP contribution in [0.25, 0.3) is 0 Å². The number of hydrogen-bond acceptors (Lipinski definition) is 1. The van der Waals surface area contributed by atoms with Gasteiger partial charge in [0.15, 0.2) is 11.6 Å². The summed E-state index contributed by atoms with van der Waals surface area (Å²) in [6, 6.07) is 3.20. The first kappa shape index (κ1) is 20.6. The quantitative estimate of drug-likeness (QED) is 0.500. The molecule has 0 atom stereocenters. The van der Waals surface area contributed by atoms with Gasteiger partial charge in [-0.15, -0.1) is 0 Å². The van der Waals surface area contributed by atoms with Crippen LogP contribution in [0.15, 0.2) is 12.1 Å². The molecule has 27 heavy (non-hydrogen) atoms. The summed E-state index contributed by atoms with van der Waals surface area (Å²) in [5.41, 5.74) is -0.280. The second-order valence-electron chi connectivity index (χ2n) is 8.94. The molecule has 0 N–H and O–H groups in total. The molecule has 5 heteroatoms. The fourth-order valence-electron chi connectivity index (χ4n) is 4.63.